The molecule has 0 aliphatic carbocycles. The molecule has 0 saturated heterocycles. The molecule has 1 aromatic carbocycles. The highest BCUT2D eigenvalue weighted by Crippen LogP contribution is 2.40. The molecule has 0 fully saturated rings. The van der Waals surface area contributed by atoms with E-state index in [0.717, 1.165) is 37.7 Å². The fourth-order valence-electron chi connectivity index (χ4n) is 1.55. The Hall–Kier alpha value is 0.380. The van der Waals surface area contributed by atoms with E-state index >= 15 is 0 Å². The van der Waals surface area contributed by atoms with Crippen LogP contribution in [0.4, 0.5) is 0 Å². The topological polar surface area (TPSA) is 41.5 Å². The van der Waals surface area contributed by atoms with Crippen LogP contribution in [0.1, 0.15) is 12.5 Å². The van der Waals surface area contributed by atoms with Gasteiger partial charge in [0.1, 0.15) is 5.75 Å². The van der Waals surface area contributed by atoms with Crippen molar-refractivity contribution in [3.63, 3.8) is 0 Å². The molecule has 102 valence electrons. The highest BCUT2D eigenvalue weighted by molar-refractivity contribution is 9.11. The van der Waals surface area contributed by atoms with E-state index in [4.69, 9.17) is 4.74 Å². The molecule has 0 radical (unpaired) electrons. The lowest BCUT2D eigenvalue weighted by Crippen LogP contribution is -2.26. The minimum Gasteiger partial charge on any atom is -0.494 e. The van der Waals surface area contributed by atoms with Crippen molar-refractivity contribution in [1.82, 2.24) is 5.32 Å². The number of methoxy groups -OCH3 is 1. The fourth-order valence-corrected chi connectivity index (χ4v) is 4.39. The SMILES string of the molecule is COc1c(Br)cc(Br)c(CCNCC(C)O)c1Br. The smallest absolute Gasteiger partial charge is 0.147 e. The maximum absolute atomic E-state index is 9.17. The van der Waals surface area contributed by atoms with Gasteiger partial charge in [0.15, 0.2) is 0 Å². The first-order valence-electron chi connectivity index (χ1n) is 5.56. The summed E-state index contributed by atoms with van der Waals surface area (Å²) in [5, 5.41) is 12.4. The van der Waals surface area contributed by atoms with Gasteiger partial charge in [0, 0.05) is 11.0 Å². The molecule has 2 N–H and O–H groups in total. The quantitative estimate of drug-likeness (QED) is 0.658. The van der Waals surface area contributed by atoms with Gasteiger partial charge in [0.2, 0.25) is 0 Å². The molecular formula is C12H16Br3NO2. The van der Waals surface area contributed by atoms with Crippen molar-refractivity contribution in [2.24, 2.45) is 0 Å². The molecule has 0 aromatic heterocycles. The largest absolute Gasteiger partial charge is 0.494 e. The van der Waals surface area contributed by atoms with Crippen molar-refractivity contribution in [1.29, 1.82) is 0 Å². The highest BCUT2D eigenvalue weighted by atomic mass is 79.9. The van der Waals surface area contributed by atoms with Crippen LogP contribution in [-0.2, 0) is 6.42 Å². The molecule has 1 atom stereocenters. The Balaban J connectivity index is 2.76. The Morgan fingerprint density at radius 3 is 2.56 bits per heavy atom. The summed E-state index contributed by atoms with van der Waals surface area (Å²) < 4.78 is 8.23. The van der Waals surface area contributed by atoms with Crippen LogP contribution in [0.15, 0.2) is 19.5 Å². The highest BCUT2D eigenvalue weighted by Gasteiger charge is 2.14. The third-order valence-corrected chi connectivity index (χ3v) is 4.55. The maximum atomic E-state index is 9.17. The maximum Gasteiger partial charge on any atom is 0.147 e. The lowest BCUT2D eigenvalue weighted by Gasteiger charge is -2.14. The summed E-state index contributed by atoms with van der Waals surface area (Å²) in [5.74, 6) is 0.795. The second-order valence-electron chi connectivity index (χ2n) is 3.97. The van der Waals surface area contributed by atoms with E-state index in [1.807, 2.05) is 6.07 Å². The van der Waals surface area contributed by atoms with Crippen molar-refractivity contribution in [3.8, 4) is 5.75 Å². The van der Waals surface area contributed by atoms with Crippen molar-refractivity contribution in [3.05, 3.63) is 25.0 Å². The van der Waals surface area contributed by atoms with E-state index in [-0.39, 0.29) is 6.10 Å². The number of nitrogens with one attached hydrogen (secondary N) is 1. The van der Waals surface area contributed by atoms with Gasteiger partial charge >= 0.3 is 0 Å². The minimum absolute atomic E-state index is 0.323. The number of ether oxygens (including phenoxy) is 1. The summed E-state index contributed by atoms with van der Waals surface area (Å²) in [7, 11) is 1.65. The summed E-state index contributed by atoms with van der Waals surface area (Å²) in [6.45, 7) is 3.16. The summed E-state index contributed by atoms with van der Waals surface area (Å²) in [5.41, 5.74) is 1.15. The average Bonchev–Trinajstić information content (AvgIpc) is 2.27. The van der Waals surface area contributed by atoms with E-state index in [0.29, 0.717) is 6.54 Å². The van der Waals surface area contributed by atoms with Crippen LogP contribution in [0.25, 0.3) is 0 Å². The first kappa shape index (κ1) is 16.4. The van der Waals surface area contributed by atoms with Gasteiger partial charge < -0.3 is 15.2 Å². The van der Waals surface area contributed by atoms with Crippen molar-refractivity contribution in [2.75, 3.05) is 20.2 Å². The van der Waals surface area contributed by atoms with Crippen LogP contribution in [0.5, 0.6) is 5.75 Å². The zero-order valence-corrected chi connectivity index (χ0v) is 15.0. The van der Waals surface area contributed by atoms with Crippen LogP contribution in [0, 0.1) is 0 Å². The second-order valence-corrected chi connectivity index (χ2v) is 6.47. The minimum atomic E-state index is -0.323. The first-order valence-corrected chi connectivity index (χ1v) is 7.94. The lowest BCUT2D eigenvalue weighted by molar-refractivity contribution is 0.191. The van der Waals surface area contributed by atoms with Gasteiger partial charge in [0.25, 0.3) is 0 Å². The number of hydrogen-bond donors (Lipinski definition) is 2. The van der Waals surface area contributed by atoms with Gasteiger partial charge in [-0.2, -0.15) is 0 Å². The zero-order valence-electron chi connectivity index (χ0n) is 10.3. The standard InChI is InChI=1S/C12H16Br3NO2/c1-7(17)6-16-4-3-8-9(13)5-10(14)12(18-2)11(8)15/h5,7,16-17H,3-4,6H2,1-2H3. The van der Waals surface area contributed by atoms with Gasteiger partial charge in [-0.1, -0.05) is 15.9 Å². The van der Waals surface area contributed by atoms with Crippen molar-refractivity contribution < 1.29 is 9.84 Å². The predicted molar refractivity (Wildman–Crippen MR) is 84.3 cm³/mol. The molecule has 1 rings (SSSR count). The van der Waals surface area contributed by atoms with Gasteiger partial charge in [0.05, 0.1) is 22.2 Å². The molecule has 0 amide bonds. The van der Waals surface area contributed by atoms with Crippen molar-refractivity contribution >= 4 is 47.8 Å². The van der Waals surface area contributed by atoms with Crippen LogP contribution in [-0.4, -0.2) is 31.4 Å². The fraction of sp³-hybridized carbons (Fsp3) is 0.500. The summed E-state index contributed by atoms with van der Waals surface area (Å²) in [6.07, 6.45) is 0.522. The van der Waals surface area contributed by atoms with Gasteiger partial charge in [-0.05, 0) is 63.4 Å². The third kappa shape index (κ3) is 4.49. The van der Waals surface area contributed by atoms with E-state index in [2.05, 4.69) is 53.1 Å². The van der Waals surface area contributed by atoms with Crippen molar-refractivity contribution in [2.45, 2.75) is 19.4 Å². The van der Waals surface area contributed by atoms with E-state index in [9.17, 15) is 5.11 Å². The monoisotopic (exact) mass is 443 g/mol. The average molecular weight is 446 g/mol. The Morgan fingerprint density at radius 2 is 2.00 bits per heavy atom. The van der Waals surface area contributed by atoms with Crippen LogP contribution in [0.3, 0.4) is 0 Å². The molecule has 0 aliphatic rings. The van der Waals surface area contributed by atoms with Crippen LogP contribution < -0.4 is 10.1 Å². The molecule has 18 heavy (non-hydrogen) atoms. The molecule has 0 spiro atoms. The number of aliphatic hydroxyl groups is 1. The number of rotatable bonds is 6. The molecule has 1 unspecified atom stereocenters. The predicted octanol–water partition coefficient (Wildman–Crippen LogP) is 3.50. The Labute approximate surface area is 133 Å². The van der Waals surface area contributed by atoms with Gasteiger partial charge in [-0.3, -0.25) is 0 Å². The normalized spacial score (nSPS) is 12.6. The third-order valence-electron chi connectivity index (χ3n) is 2.42. The molecule has 1 aromatic rings. The van der Waals surface area contributed by atoms with Gasteiger partial charge in [-0.25, -0.2) is 0 Å². The molecule has 3 nitrogen and oxygen atoms in total. The molecule has 0 aliphatic heterocycles. The lowest BCUT2D eigenvalue weighted by atomic mass is 10.1. The Morgan fingerprint density at radius 1 is 1.33 bits per heavy atom. The van der Waals surface area contributed by atoms with Gasteiger partial charge in [-0.15, -0.1) is 0 Å². The molecule has 0 bridgehead atoms. The molecule has 6 heteroatoms. The van der Waals surface area contributed by atoms with E-state index in [1.165, 1.54) is 0 Å². The van der Waals surface area contributed by atoms with E-state index < -0.39 is 0 Å². The Kier molecular flexibility index (Phi) is 7.16. The summed E-state index contributed by atoms with van der Waals surface area (Å²) >= 11 is 10.6. The number of halogens is 3. The number of aliphatic hydroxyl groups excluding tert-OH is 1. The number of benzene rings is 1. The summed E-state index contributed by atoms with van der Waals surface area (Å²) in [4.78, 5) is 0. The zero-order chi connectivity index (χ0) is 13.7. The second kappa shape index (κ2) is 7.85. The van der Waals surface area contributed by atoms with Crippen LogP contribution in [0.2, 0.25) is 0 Å². The molecule has 0 heterocycles. The molecule has 0 saturated carbocycles. The summed E-state index contributed by atoms with van der Waals surface area (Å²) in [6, 6.07) is 1.98. The number of hydrogen-bond acceptors (Lipinski definition) is 3. The first-order chi connectivity index (χ1) is 8.47. The van der Waals surface area contributed by atoms with Crippen LogP contribution >= 0.6 is 47.8 Å². The van der Waals surface area contributed by atoms with E-state index in [1.54, 1.807) is 14.0 Å². The molecular weight excluding hydrogens is 430 g/mol. The Bertz CT molecular complexity index is 411.